The number of fused-ring (bicyclic) bond motifs is 1. The largest absolute Gasteiger partial charge is 0.481 e. The van der Waals surface area contributed by atoms with Gasteiger partial charge < -0.3 is 29.5 Å². The summed E-state index contributed by atoms with van der Waals surface area (Å²) in [5.74, 6) is 0.647. The maximum absolute atomic E-state index is 11.1. The zero-order valence-electron chi connectivity index (χ0n) is 24.2. The minimum atomic E-state index is -2.51. The van der Waals surface area contributed by atoms with Crippen LogP contribution in [0.25, 0.3) is 11.3 Å². The summed E-state index contributed by atoms with van der Waals surface area (Å²) in [7, 11) is 5.42. The summed E-state index contributed by atoms with van der Waals surface area (Å²) in [4.78, 5) is 33.2. The van der Waals surface area contributed by atoms with E-state index in [2.05, 4.69) is 19.9 Å². The Hall–Kier alpha value is -3.75. The summed E-state index contributed by atoms with van der Waals surface area (Å²) >= 11 is 12.6. The van der Waals surface area contributed by atoms with Crippen molar-refractivity contribution in [3.05, 3.63) is 76.0 Å². The third-order valence-corrected chi connectivity index (χ3v) is 8.37. The van der Waals surface area contributed by atoms with Crippen LogP contribution in [0, 0.1) is 5.92 Å². The molecule has 1 fully saturated rings. The molecule has 2 aliphatic rings. The fourth-order valence-electron chi connectivity index (χ4n) is 5.80. The van der Waals surface area contributed by atoms with Crippen molar-refractivity contribution >= 4 is 43.0 Å². The first-order valence-electron chi connectivity index (χ1n) is 14.4. The Morgan fingerprint density at radius 3 is 2.36 bits per heavy atom. The first-order valence-corrected chi connectivity index (χ1v) is 15.2. The SMILES string of the molecule is [B]C(O)(O)c1ncc2n1CCN(c1ncc(Oc3cc(CN4CCC(CC(=O)O)CC4)cc(-c4cc(Cl)cc(Cl)c4)n3)cn1)C2. The zero-order chi connectivity index (χ0) is 31.7. The monoisotopic (exact) mass is 649 g/mol. The Morgan fingerprint density at radius 1 is 0.978 bits per heavy atom. The predicted octanol–water partition coefficient (Wildman–Crippen LogP) is 3.80. The molecule has 4 aromatic rings. The Kier molecular flexibility index (Phi) is 8.98. The minimum absolute atomic E-state index is 0.0152. The van der Waals surface area contributed by atoms with E-state index in [1.807, 2.05) is 17.0 Å². The first kappa shape index (κ1) is 31.2. The highest BCUT2D eigenvalue weighted by Crippen LogP contribution is 2.31. The van der Waals surface area contributed by atoms with Gasteiger partial charge in [-0.3, -0.25) is 9.69 Å². The van der Waals surface area contributed by atoms with E-state index < -0.39 is 11.7 Å². The van der Waals surface area contributed by atoms with Crippen LogP contribution in [-0.2, 0) is 30.1 Å². The number of aromatic nitrogens is 5. The first-order chi connectivity index (χ1) is 21.5. The number of aliphatic hydroxyl groups is 2. The van der Waals surface area contributed by atoms with E-state index in [9.17, 15) is 15.0 Å². The Morgan fingerprint density at radius 2 is 1.69 bits per heavy atom. The Labute approximate surface area is 270 Å². The molecule has 2 radical (unpaired) electrons. The van der Waals surface area contributed by atoms with E-state index in [1.165, 1.54) is 0 Å². The number of hydrogen-bond donors (Lipinski definition) is 3. The molecule has 15 heteroatoms. The second-order valence-electron chi connectivity index (χ2n) is 11.4. The van der Waals surface area contributed by atoms with Crippen molar-refractivity contribution < 1.29 is 24.9 Å². The van der Waals surface area contributed by atoms with Crippen LogP contribution in [0.4, 0.5) is 5.95 Å². The van der Waals surface area contributed by atoms with Gasteiger partial charge in [0.05, 0.1) is 36.5 Å². The second kappa shape index (κ2) is 12.9. The molecule has 0 atom stereocenters. The molecule has 0 spiro atoms. The molecule has 6 rings (SSSR count). The average molecular weight is 650 g/mol. The molecule has 5 heterocycles. The molecular formula is C30H30BCl2N7O5. The minimum Gasteiger partial charge on any atom is -0.481 e. The van der Waals surface area contributed by atoms with Crippen molar-refractivity contribution in [1.82, 2.24) is 29.4 Å². The normalized spacial score (nSPS) is 16.0. The number of benzene rings is 1. The highest BCUT2D eigenvalue weighted by molar-refractivity contribution is 6.35. The quantitative estimate of drug-likeness (QED) is 0.179. The van der Waals surface area contributed by atoms with Crippen LogP contribution in [0.3, 0.4) is 0 Å². The van der Waals surface area contributed by atoms with Crippen LogP contribution >= 0.6 is 23.2 Å². The number of hydrogen-bond acceptors (Lipinski definition) is 10. The van der Waals surface area contributed by atoms with Crippen molar-refractivity contribution in [3.63, 3.8) is 0 Å². The van der Waals surface area contributed by atoms with E-state index in [1.54, 1.807) is 41.4 Å². The average Bonchev–Trinajstić information content (AvgIpc) is 3.42. The number of carboxylic acid groups (broad SMARTS) is 1. The Bertz CT molecular complexity index is 1670. The molecule has 0 unspecified atom stereocenters. The molecule has 0 amide bonds. The summed E-state index contributed by atoms with van der Waals surface area (Å²) in [5.41, 5.74) is 0.587. The molecule has 0 bridgehead atoms. The number of anilines is 1. The van der Waals surface area contributed by atoms with Crippen molar-refractivity contribution in [2.75, 3.05) is 24.5 Å². The lowest BCUT2D eigenvalue weighted by Crippen LogP contribution is -2.38. The standard InChI is InChI=1S/C30H30BCl2N7O5/c31-30(43,44)28-34-13-23-17-39(5-6-40(23)28)29-35-14-24(15-36-29)45-26-8-19(16-38-3-1-18(2-4-38)9-27(41)42)7-25(37-26)20-10-21(32)12-22(33)11-20/h7-8,10-15,18,43-44H,1-6,9,16-17H2,(H,41,42). The number of rotatable bonds is 9. The molecule has 12 nitrogen and oxygen atoms in total. The highest BCUT2D eigenvalue weighted by Gasteiger charge is 2.29. The van der Waals surface area contributed by atoms with Crippen LogP contribution < -0.4 is 9.64 Å². The van der Waals surface area contributed by atoms with E-state index >= 15 is 0 Å². The van der Waals surface area contributed by atoms with Gasteiger partial charge in [0, 0.05) is 47.7 Å². The maximum Gasteiger partial charge on any atom is 0.303 e. The van der Waals surface area contributed by atoms with Crippen LogP contribution in [0.1, 0.15) is 36.3 Å². The third kappa shape index (κ3) is 7.56. The zero-order valence-corrected chi connectivity index (χ0v) is 25.7. The maximum atomic E-state index is 11.1. The number of nitrogens with zero attached hydrogens (tertiary/aromatic N) is 7. The number of imidazole rings is 1. The van der Waals surface area contributed by atoms with Crippen molar-refractivity contribution in [2.24, 2.45) is 5.92 Å². The summed E-state index contributed by atoms with van der Waals surface area (Å²) in [6.45, 7) is 3.59. The van der Waals surface area contributed by atoms with Gasteiger partial charge in [0.2, 0.25) is 11.8 Å². The van der Waals surface area contributed by atoms with Crippen LogP contribution in [0.5, 0.6) is 11.6 Å². The number of likely N-dealkylation sites (tertiary alicyclic amines) is 1. The van der Waals surface area contributed by atoms with Crippen LogP contribution in [-0.4, -0.2) is 78.2 Å². The molecule has 0 aliphatic carbocycles. The molecule has 3 N–H and O–H groups in total. The van der Waals surface area contributed by atoms with Crippen molar-refractivity contribution in [1.29, 1.82) is 0 Å². The number of ether oxygens (including phenoxy) is 1. The number of aliphatic carboxylic acids is 1. The van der Waals surface area contributed by atoms with Gasteiger partial charge in [-0.25, -0.2) is 19.9 Å². The molecule has 1 aromatic carbocycles. The molecule has 0 saturated carbocycles. The fourth-order valence-corrected chi connectivity index (χ4v) is 6.32. The summed E-state index contributed by atoms with van der Waals surface area (Å²) in [5, 5.41) is 29.7. The number of carboxylic acids is 1. The number of pyridine rings is 1. The molecule has 1 saturated heterocycles. The summed E-state index contributed by atoms with van der Waals surface area (Å²) in [6, 6.07) is 9.10. The highest BCUT2D eigenvalue weighted by atomic mass is 35.5. The van der Waals surface area contributed by atoms with Gasteiger partial charge in [-0.1, -0.05) is 23.2 Å². The van der Waals surface area contributed by atoms with Crippen LogP contribution in [0.2, 0.25) is 10.0 Å². The van der Waals surface area contributed by atoms with Crippen molar-refractivity contribution in [2.45, 2.75) is 44.6 Å². The smallest absolute Gasteiger partial charge is 0.303 e. The second-order valence-corrected chi connectivity index (χ2v) is 12.2. The van der Waals surface area contributed by atoms with Gasteiger partial charge in [-0.2, -0.15) is 0 Å². The molecule has 2 aliphatic heterocycles. The van der Waals surface area contributed by atoms with Crippen LogP contribution in [0.15, 0.2) is 48.9 Å². The van der Waals surface area contributed by atoms with E-state index in [0.29, 0.717) is 59.5 Å². The van der Waals surface area contributed by atoms with Crippen molar-refractivity contribution in [3.8, 4) is 22.9 Å². The lowest BCUT2D eigenvalue weighted by atomic mass is 9.93. The fraction of sp³-hybridized carbons (Fsp3) is 0.367. The molecular weight excluding hydrogens is 620 g/mol. The number of piperidine rings is 1. The van der Waals surface area contributed by atoms with Gasteiger partial charge in [0.1, 0.15) is 0 Å². The molecule has 45 heavy (non-hydrogen) atoms. The Balaban J connectivity index is 1.19. The third-order valence-electron chi connectivity index (χ3n) is 7.93. The van der Waals surface area contributed by atoms with Gasteiger partial charge in [-0.15, -0.1) is 0 Å². The van der Waals surface area contributed by atoms with Gasteiger partial charge >= 0.3 is 5.97 Å². The topological polar surface area (TPSA) is 150 Å². The van der Waals surface area contributed by atoms with E-state index in [0.717, 1.165) is 42.8 Å². The summed E-state index contributed by atoms with van der Waals surface area (Å²) in [6.07, 6.45) is 6.56. The predicted molar refractivity (Wildman–Crippen MR) is 167 cm³/mol. The van der Waals surface area contributed by atoms with Gasteiger partial charge in [-0.05, 0) is 61.7 Å². The van der Waals surface area contributed by atoms with E-state index in [4.69, 9.17) is 45.9 Å². The lowest BCUT2D eigenvalue weighted by Gasteiger charge is -2.31. The summed E-state index contributed by atoms with van der Waals surface area (Å²) < 4.78 is 7.82. The number of carbonyl (C=O) groups is 1. The van der Waals surface area contributed by atoms with Gasteiger partial charge in [0.15, 0.2) is 25.1 Å². The van der Waals surface area contributed by atoms with E-state index in [-0.39, 0.29) is 18.2 Å². The number of halogens is 2. The molecule has 232 valence electrons. The molecule has 3 aromatic heterocycles. The van der Waals surface area contributed by atoms with Gasteiger partial charge in [0.25, 0.3) is 0 Å². The lowest BCUT2D eigenvalue weighted by molar-refractivity contribution is -0.138.